The van der Waals surface area contributed by atoms with Crippen LogP contribution in [0.3, 0.4) is 0 Å². The summed E-state index contributed by atoms with van der Waals surface area (Å²) in [5, 5.41) is 0. The molecule has 0 aromatic rings. The molecule has 0 rings (SSSR count). The molecule has 0 aromatic carbocycles. The van der Waals surface area contributed by atoms with Gasteiger partial charge in [-0.25, -0.2) is 0 Å². The van der Waals surface area contributed by atoms with Crippen molar-refractivity contribution < 1.29 is 52.2 Å². The third kappa shape index (κ3) is 3.61. The van der Waals surface area contributed by atoms with Gasteiger partial charge in [-0.05, 0) is 0 Å². The van der Waals surface area contributed by atoms with Crippen molar-refractivity contribution in [1.29, 1.82) is 0 Å². The van der Waals surface area contributed by atoms with Crippen molar-refractivity contribution in [3.8, 4) is 0 Å². The molecule has 0 saturated carbocycles. The fraction of sp³-hybridized carbons (Fsp3) is 0. The average molecular weight is 427 g/mol. The molecule has 2 heteroatoms. The summed E-state index contributed by atoms with van der Waals surface area (Å²) in [6.45, 7) is 0. The van der Waals surface area contributed by atoms with Gasteiger partial charge in [0, 0.05) is 0 Å². The average Bonchev–Trinajstić information content (AvgIpc) is 1.37. The normalized spacial score (nSPS) is 10.0. The van der Waals surface area contributed by atoms with Gasteiger partial charge in [-0.1, -0.05) is 0 Å². The van der Waals surface area contributed by atoms with Crippen molar-refractivity contribution in [1.82, 2.24) is 0 Å². The number of hydrogen-bond donors (Lipinski definition) is 0. The summed E-state index contributed by atoms with van der Waals surface area (Å²) in [6.07, 6.45) is 0. The van der Waals surface area contributed by atoms with Gasteiger partial charge in [0.2, 0.25) is 0 Å². The molecule has 0 unspecified atom stereocenters. The molecule has 0 saturated heterocycles. The molecule has 0 N–H and O–H groups in total. The first-order chi connectivity index (χ1) is 1.91. The second-order valence-electron chi connectivity index (χ2n) is 0.471. The first-order valence-electron chi connectivity index (χ1n) is 1.15. The Morgan fingerprint density at radius 3 is 1.25 bits per heavy atom. The van der Waals surface area contributed by atoms with E-state index < -0.39 is 0 Å². The Kier molecular flexibility index (Phi) is 6.47. The van der Waals surface area contributed by atoms with Crippen molar-refractivity contribution in [3.05, 3.63) is 7.17 Å². The van der Waals surface area contributed by atoms with Crippen molar-refractivity contribution in [3.63, 3.8) is 0 Å². The van der Waals surface area contributed by atoms with Crippen LogP contribution in [-0.2, 0) is 52.2 Å². The molecule has 0 amide bonds. The zero-order valence-corrected chi connectivity index (χ0v) is 13.6. The first kappa shape index (κ1) is 5.61. The van der Waals surface area contributed by atoms with E-state index in [-0.39, 0.29) is 0 Å². The van der Waals surface area contributed by atoms with E-state index in [4.69, 9.17) is 0 Å². The van der Waals surface area contributed by atoms with Crippen LogP contribution in [0.15, 0.2) is 7.17 Å². The van der Waals surface area contributed by atoms with Crippen LogP contribution in [-0.4, -0.2) is 0 Å². The van der Waals surface area contributed by atoms with Crippen LogP contribution in [0.1, 0.15) is 0 Å². The van der Waals surface area contributed by atoms with Crippen molar-refractivity contribution >= 4 is 0 Å². The molecule has 0 nitrogen and oxygen atoms in total. The van der Waals surface area contributed by atoms with E-state index >= 15 is 0 Å². The molecule has 0 aliphatic rings. The zero-order valence-electron chi connectivity index (χ0n) is 2.57. The Morgan fingerprint density at radius 2 is 1.25 bits per heavy atom. The SMILES string of the molecule is [Hg]/[CH]=[CH]/[Hg]. The van der Waals surface area contributed by atoms with E-state index in [9.17, 15) is 0 Å². The van der Waals surface area contributed by atoms with Gasteiger partial charge in [0.05, 0.1) is 0 Å². The van der Waals surface area contributed by atoms with Crippen LogP contribution in [0.25, 0.3) is 0 Å². The standard InChI is InChI=1S/C2H2.2Hg/c1-2;;/h1-2H;;. The van der Waals surface area contributed by atoms with Crippen molar-refractivity contribution in [2.24, 2.45) is 0 Å². The van der Waals surface area contributed by atoms with Crippen molar-refractivity contribution in [2.45, 2.75) is 0 Å². The molecule has 0 heterocycles. The molecule has 0 aliphatic carbocycles. The van der Waals surface area contributed by atoms with E-state index in [1.807, 2.05) is 0 Å². The van der Waals surface area contributed by atoms with Crippen LogP contribution in [0.5, 0.6) is 0 Å². The Bertz CT molecular complexity index is 19.2. The van der Waals surface area contributed by atoms with Gasteiger partial charge >= 0.3 is 59.4 Å². The van der Waals surface area contributed by atoms with Gasteiger partial charge in [-0.15, -0.1) is 0 Å². The molecular formula is C2H2Hg2. The van der Waals surface area contributed by atoms with Crippen LogP contribution in [0, 0.1) is 0 Å². The molecule has 4 heavy (non-hydrogen) atoms. The third-order valence-corrected chi connectivity index (χ3v) is 12.8. The Balaban J connectivity index is 2.55. The van der Waals surface area contributed by atoms with Gasteiger partial charge in [0.1, 0.15) is 0 Å². The monoisotopic (exact) mass is 430 g/mol. The maximum atomic E-state index is 2.28. The van der Waals surface area contributed by atoms with Gasteiger partial charge in [0.15, 0.2) is 0 Å². The summed E-state index contributed by atoms with van der Waals surface area (Å²) in [5.74, 6) is 0. The van der Waals surface area contributed by atoms with Gasteiger partial charge in [-0.2, -0.15) is 0 Å². The van der Waals surface area contributed by atoms with Crippen LogP contribution in [0.4, 0.5) is 0 Å². The van der Waals surface area contributed by atoms with Gasteiger partial charge < -0.3 is 0 Å². The fourth-order valence-corrected chi connectivity index (χ4v) is 0. The van der Waals surface area contributed by atoms with Crippen LogP contribution in [0.2, 0.25) is 0 Å². The molecule has 0 bridgehead atoms. The molecule has 0 aromatic heterocycles. The summed E-state index contributed by atoms with van der Waals surface area (Å²) in [5.41, 5.74) is 0. The Labute approximate surface area is 58.6 Å². The number of rotatable bonds is 0. The van der Waals surface area contributed by atoms with Gasteiger partial charge in [0.25, 0.3) is 0 Å². The maximum absolute atomic E-state index is 2.28. The Morgan fingerprint density at radius 1 is 1.00 bits per heavy atom. The van der Waals surface area contributed by atoms with E-state index in [0.717, 1.165) is 52.2 Å². The summed E-state index contributed by atoms with van der Waals surface area (Å²) in [7, 11) is 0. The predicted molar refractivity (Wildman–Crippen MR) is 9.14 cm³/mol. The quantitative estimate of drug-likeness (QED) is 0.496. The van der Waals surface area contributed by atoms with Crippen molar-refractivity contribution in [2.75, 3.05) is 0 Å². The third-order valence-electron chi connectivity index (χ3n) is 0.167. The predicted octanol–water partition coefficient (Wildman–Crippen LogP) is 0.551. The van der Waals surface area contributed by atoms with E-state index in [1.165, 1.54) is 0 Å². The number of hydrogen-bond acceptors (Lipinski definition) is 0. The molecule has 14 valence electrons. The molecule has 0 aliphatic heterocycles. The molecule has 0 fully saturated rings. The van der Waals surface area contributed by atoms with E-state index in [0.29, 0.717) is 0 Å². The zero-order chi connectivity index (χ0) is 3.41. The van der Waals surface area contributed by atoms with Gasteiger partial charge in [-0.3, -0.25) is 0 Å². The summed E-state index contributed by atoms with van der Waals surface area (Å²) < 4.78 is 4.56. The van der Waals surface area contributed by atoms with E-state index in [2.05, 4.69) is 7.17 Å². The molecule has 0 atom stereocenters. The topological polar surface area (TPSA) is 0 Å². The Hall–Kier alpha value is 1.61. The first-order valence-corrected chi connectivity index (χ1v) is 7.50. The fourth-order valence-electron chi connectivity index (χ4n) is 0. The summed E-state index contributed by atoms with van der Waals surface area (Å²) in [4.78, 5) is 0. The molecule has 0 spiro atoms. The second kappa shape index (κ2) is 4.61. The molecular weight excluding hydrogens is 425 g/mol. The van der Waals surface area contributed by atoms with Crippen LogP contribution >= 0.6 is 0 Å². The summed E-state index contributed by atoms with van der Waals surface area (Å²) in [6, 6.07) is 0. The van der Waals surface area contributed by atoms with E-state index in [1.54, 1.807) is 0 Å². The minimum absolute atomic E-state index is 0.941. The van der Waals surface area contributed by atoms with Crippen LogP contribution < -0.4 is 0 Å². The summed E-state index contributed by atoms with van der Waals surface area (Å²) >= 11 is 1.88. The second-order valence-corrected chi connectivity index (χ2v) is 4.14. The molecule has 0 radical (unpaired) electrons. The minimum atomic E-state index is 0.941.